The first-order chi connectivity index (χ1) is 19.6. The number of hydrogen-bond acceptors (Lipinski definition) is 5. The van der Waals surface area contributed by atoms with E-state index in [1.807, 2.05) is 32.0 Å². The Morgan fingerprint density at radius 3 is 2.22 bits per heavy atom. The van der Waals surface area contributed by atoms with E-state index < -0.39 is 29.7 Å². The van der Waals surface area contributed by atoms with Gasteiger partial charge in [-0.3, -0.25) is 9.59 Å². The maximum atomic E-state index is 13.9. The lowest BCUT2D eigenvalue weighted by molar-refractivity contribution is 0.0755. The van der Waals surface area contributed by atoms with Crippen molar-refractivity contribution in [2.24, 2.45) is 0 Å². The minimum atomic E-state index is -1.10. The van der Waals surface area contributed by atoms with Crippen LogP contribution in [0, 0.1) is 18.6 Å². The van der Waals surface area contributed by atoms with E-state index in [1.54, 1.807) is 36.1 Å². The molecule has 9 heteroatoms. The minimum absolute atomic E-state index is 0.0140. The summed E-state index contributed by atoms with van der Waals surface area (Å²) >= 11 is 0. The van der Waals surface area contributed by atoms with Crippen molar-refractivity contribution in [3.05, 3.63) is 100 Å². The summed E-state index contributed by atoms with van der Waals surface area (Å²) in [5.41, 5.74) is 9.07. The summed E-state index contributed by atoms with van der Waals surface area (Å²) in [6, 6.07) is 14.5. The van der Waals surface area contributed by atoms with Gasteiger partial charge in [0.05, 0.1) is 12.1 Å². The van der Waals surface area contributed by atoms with Gasteiger partial charge in [0.15, 0.2) is 0 Å². The smallest absolute Gasteiger partial charge is 0.253 e. The summed E-state index contributed by atoms with van der Waals surface area (Å²) in [5, 5.41) is 17.1. The van der Waals surface area contributed by atoms with Gasteiger partial charge in [-0.1, -0.05) is 26.0 Å². The Bertz CT molecular complexity index is 1310. The van der Waals surface area contributed by atoms with E-state index in [4.69, 9.17) is 5.73 Å². The lowest BCUT2D eigenvalue weighted by atomic mass is 9.99. The van der Waals surface area contributed by atoms with Crippen molar-refractivity contribution >= 4 is 17.5 Å². The van der Waals surface area contributed by atoms with Gasteiger partial charge >= 0.3 is 0 Å². The molecule has 3 aromatic rings. The number of aryl methyl sites for hydroxylation is 1. The van der Waals surface area contributed by atoms with Crippen LogP contribution < -0.4 is 16.4 Å². The molecule has 2 atom stereocenters. The van der Waals surface area contributed by atoms with E-state index in [0.29, 0.717) is 30.9 Å². The standard InChI is InChI=1S/C32H40F2N4O3/c1-4-9-38(10-5-2)32(41)25-12-21(3)11-24(17-25)31(40)37-29(16-23-13-26(33)18-27(34)14-23)30(39)20-36-19-22-7-6-8-28(35)15-22/h6-8,11-15,17-18,29-30,36,39H,4-5,9-10,16,19-20,35H2,1-3H3,(H,37,40)/t29-,30+/m0/s1. The van der Waals surface area contributed by atoms with E-state index in [2.05, 4.69) is 10.6 Å². The number of aliphatic hydroxyl groups excluding tert-OH is 1. The van der Waals surface area contributed by atoms with Crippen molar-refractivity contribution < 1.29 is 23.5 Å². The van der Waals surface area contributed by atoms with Crippen LogP contribution in [0.15, 0.2) is 60.7 Å². The van der Waals surface area contributed by atoms with Gasteiger partial charge < -0.3 is 26.4 Å². The quantitative estimate of drug-likeness (QED) is 0.213. The van der Waals surface area contributed by atoms with Crippen LogP contribution in [-0.4, -0.2) is 53.6 Å². The molecule has 3 rings (SSSR count). The fourth-order valence-electron chi connectivity index (χ4n) is 4.80. The molecule has 0 saturated heterocycles. The molecule has 7 nitrogen and oxygen atoms in total. The number of hydrogen-bond donors (Lipinski definition) is 4. The SMILES string of the molecule is CCCN(CCC)C(=O)c1cc(C)cc(C(=O)N[C@@H](Cc2cc(F)cc(F)c2)[C@H](O)CNCc2cccc(N)c2)c1. The second kappa shape index (κ2) is 15.3. The zero-order chi connectivity index (χ0) is 29.9. The highest BCUT2D eigenvalue weighted by Gasteiger charge is 2.24. The Morgan fingerprint density at radius 2 is 1.59 bits per heavy atom. The molecule has 0 radical (unpaired) electrons. The summed E-state index contributed by atoms with van der Waals surface area (Å²) in [5.74, 6) is -2.14. The summed E-state index contributed by atoms with van der Waals surface area (Å²) in [6.07, 6.45) is 0.523. The Labute approximate surface area is 240 Å². The van der Waals surface area contributed by atoms with Gasteiger partial charge in [-0.2, -0.15) is 0 Å². The number of carbonyl (C=O) groups is 2. The summed E-state index contributed by atoms with van der Waals surface area (Å²) in [4.78, 5) is 28.4. The van der Waals surface area contributed by atoms with Gasteiger partial charge in [-0.15, -0.1) is 0 Å². The largest absolute Gasteiger partial charge is 0.399 e. The molecule has 0 spiro atoms. The van der Waals surface area contributed by atoms with Crippen LogP contribution in [0.1, 0.15) is 64.1 Å². The third-order valence-corrected chi connectivity index (χ3v) is 6.65. The second-order valence-electron chi connectivity index (χ2n) is 10.4. The number of nitrogens with one attached hydrogen (secondary N) is 2. The molecule has 0 saturated carbocycles. The van der Waals surface area contributed by atoms with Crippen molar-refractivity contribution in [1.82, 2.24) is 15.5 Å². The monoisotopic (exact) mass is 566 g/mol. The number of benzene rings is 3. The van der Waals surface area contributed by atoms with Crippen molar-refractivity contribution in [1.29, 1.82) is 0 Å². The zero-order valence-corrected chi connectivity index (χ0v) is 23.9. The van der Waals surface area contributed by atoms with Crippen LogP contribution >= 0.6 is 0 Å². The molecule has 0 aliphatic rings. The van der Waals surface area contributed by atoms with Gasteiger partial charge in [0, 0.05) is 49.1 Å². The number of nitrogen functional groups attached to an aromatic ring is 1. The van der Waals surface area contributed by atoms with Crippen LogP contribution in [0.3, 0.4) is 0 Å². The molecular formula is C32H40F2N4O3. The molecular weight excluding hydrogens is 526 g/mol. The van der Waals surface area contributed by atoms with Crippen molar-refractivity contribution in [2.45, 2.75) is 58.7 Å². The third-order valence-electron chi connectivity index (χ3n) is 6.65. The molecule has 0 fully saturated rings. The van der Waals surface area contributed by atoms with Gasteiger partial charge in [-0.25, -0.2) is 8.78 Å². The van der Waals surface area contributed by atoms with Gasteiger partial charge in [-0.05, 0) is 85.3 Å². The fourth-order valence-corrected chi connectivity index (χ4v) is 4.80. The maximum absolute atomic E-state index is 13.9. The molecule has 0 bridgehead atoms. The molecule has 220 valence electrons. The van der Waals surface area contributed by atoms with Crippen LogP contribution in [0.2, 0.25) is 0 Å². The average molecular weight is 567 g/mol. The van der Waals surface area contributed by atoms with Crippen LogP contribution in [0.4, 0.5) is 14.5 Å². The Balaban J connectivity index is 1.81. The van der Waals surface area contributed by atoms with Gasteiger partial charge in [0.25, 0.3) is 11.8 Å². The molecule has 41 heavy (non-hydrogen) atoms. The number of nitrogens with zero attached hydrogens (tertiary/aromatic N) is 1. The topological polar surface area (TPSA) is 108 Å². The molecule has 0 aliphatic heterocycles. The molecule has 5 N–H and O–H groups in total. The van der Waals surface area contributed by atoms with E-state index >= 15 is 0 Å². The normalized spacial score (nSPS) is 12.5. The third kappa shape index (κ3) is 9.65. The van der Waals surface area contributed by atoms with Crippen molar-refractivity contribution in [3.8, 4) is 0 Å². The fraction of sp³-hybridized carbons (Fsp3) is 0.375. The summed E-state index contributed by atoms with van der Waals surface area (Å²) in [7, 11) is 0. The number of aliphatic hydroxyl groups is 1. The first-order valence-electron chi connectivity index (χ1n) is 14.0. The highest BCUT2D eigenvalue weighted by molar-refractivity contribution is 6.00. The first kappa shape index (κ1) is 31.7. The van der Waals surface area contributed by atoms with Crippen LogP contribution in [0.25, 0.3) is 0 Å². The predicted octanol–water partition coefficient (Wildman–Crippen LogP) is 4.61. The number of carbonyl (C=O) groups excluding carboxylic acids is 2. The van der Waals surface area contributed by atoms with E-state index in [1.165, 1.54) is 12.1 Å². The van der Waals surface area contributed by atoms with E-state index in [0.717, 1.165) is 30.0 Å². The Hall–Kier alpha value is -3.82. The van der Waals surface area contributed by atoms with Crippen LogP contribution in [0.5, 0.6) is 0 Å². The number of rotatable bonds is 14. The number of nitrogens with two attached hydrogens (primary N) is 1. The first-order valence-corrected chi connectivity index (χ1v) is 14.0. The van der Waals surface area contributed by atoms with Crippen LogP contribution in [-0.2, 0) is 13.0 Å². The summed E-state index contributed by atoms with van der Waals surface area (Å²) < 4.78 is 27.8. The molecule has 0 aliphatic carbocycles. The van der Waals surface area contributed by atoms with Crippen molar-refractivity contribution in [3.63, 3.8) is 0 Å². The maximum Gasteiger partial charge on any atom is 0.253 e. The Kier molecular flexibility index (Phi) is 11.8. The lowest BCUT2D eigenvalue weighted by Crippen LogP contribution is -2.48. The minimum Gasteiger partial charge on any atom is -0.399 e. The molecule has 0 unspecified atom stereocenters. The number of anilines is 1. The second-order valence-corrected chi connectivity index (χ2v) is 10.4. The van der Waals surface area contributed by atoms with E-state index in [-0.39, 0.29) is 30.0 Å². The lowest BCUT2D eigenvalue weighted by Gasteiger charge is -2.25. The molecule has 0 heterocycles. The molecule has 2 amide bonds. The Morgan fingerprint density at radius 1 is 0.927 bits per heavy atom. The summed E-state index contributed by atoms with van der Waals surface area (Å²) in [6.45, 7) is 7.56. The van der Waals surface area contributed by atoms with Gasteiger partial charge in [0.2, 0.25) is 0 Å². The number of halogens is 2. The highest BCUT2D eigenvalue weighted by Crippen LogP contribution is 2.16. The van der Waals surface area contributed by atoms with E-state index in [9.17, 15) is 23.5 Å². The average Bonchev–Trinajstić information content (AvgIpc) is 2.91. The van der Waals surface area contributed by atoms with Crippen molar-refractivity contribution in [2.75, 3.05) is 25.4 Å². The zero-order valence-electron chi connectivity index (χ0n) is 23.9. The number of amides is 2. The molecule has 0 aromatic heterocycles. The van der Waals surface area contributed by atoms with Gasteiger partial charge in [0.1, 0.15) is 11.6 Å². The predicted molar refractivity (Wildman–Crippen MR) is 158 cm³/mol. The molecule has 3 aromatic carbocycles. The highest BCUT2D eigenvalue weighted by atomic mass is 19.1.